The molecule has 0 saturated heterocycles. The van der Waals surface area contributed by atoms with Gasteiger partial charge in [0.05, 0.1) is 40.3 Å². The van der Waals surface area contributed by atoms with Crippen LogP contribution in [0.15, 0.2) is 71.7 Å². The van der Waals surface area contributed by atoms with Crippen molar-refractivity contribution in [3.8, 4) is 5.88 Å². The van der Waals surface area contributed by atoms with Gasteiger partial charge >= 0.3 is 5.97 Å². The van der Waals surface area contributed by atoms with Gasteiger partial charge in [-0.15, -0.1) is 0 Å². The molecule has 3 aromatic carbocycles. The van der Waals surface area contributed by atoms with Gasteiger partial charge in [0.1, 0.15) is 0 Å². The van der Waals surface area contributed by atoms with E-state index in [-0.39, 0.29) is 18.1 Å². The summed E-state index contributed by atoms with van der Waals surface area (Å²) < 4.78 is 27.5. The fourth-order valence-corrected chi connectivity index (χ4v) is 6.24. The molecule has 0 unspecified atom stereocenters. The first-order valence-electron chi connectivity index (χ1n) is 13.1. The number of aliphatic imine (C=N–C) groups is 1. The molecule has 4 rings (SSSR count). The fraction of sp³-hybridized carbons (Fsp3) is 0.267. The van der Waals surface area contributed by atoms with Crippen molar-refractivity contribution >= 4 is 55.6 Å². The lowest BCUT2D eigenvalue weighted by molar-refractivity contribution is -0.136. The second kappa shape index (κ2) is 12.8. The molecule has 0 spiro atoms. The molecule has 3 N–H and O–H groups in total. The van der Waals surface area contributed by atoms with Gasteiger partial charge in [-0.1, -0.05) is 48.9 Å². The maximum Gasteiger partial charge on any atom is 0.307 e. The van der Waals surface area contributed by atoms with Gasteiger partial charge in [0, 0.05) is 29.1 Å². The second-order valence-electron chi connectivity index (χ2n) is 9.97. The number of aromatic hydroxyl groups is 1. The number of carboxylic acids is 1. The summed E-state index contributed by atoms with van der Waals surface area (Å²) in [7, 11) is 0.289. The molecule has 1 aromatic heterocycles. The number of nitrogens with zero attached hydrogens (tertiary/aromatic N) is 3. The van der Waals surface area contributed by atoms with E-state index in [2.05, 4.69) is 4.98 Å². The second-order valence-corrected chi connectivity index (χ2v) is 12.4. The Morgan fingerprint density at radius 2 is 1.68 bits per heavy atom. The largest absolute Gasteiger partial charge is 0.494 e. The first kappa shape index (κ1) is 30.1. The van der Waals surface area contributed by atoms with E-state index >= 15 is 0 Å². The minimum atomic E-state index is -3.50. The van der Waals surface area contributed by atoms with Crippen LogP contribution in [0.2, 0.25) is 5.02 Å². The molecule has 4 aromatic rings. The standard InChI is InChI=1S/C30H33ClN4O5S/c1-4-17-41(39,40)35(16-15-34(2)3)24-12-10-23(11-13-24)32-29(21-7-5-20(6-8-21)18-27(36)37)28-25-14-9-22(31)19-26(25)33-30(28)38/h5-14,19,33,38H,4,15-18H2,1-3H3,(H,36,37). The Hall–Kier alpha value is -3.86. The zero-order valence-corrected chi connectivity index (χ0v) is 24.7. The molecule has 0 atom stereocenters. The lowest BCUT2D eigenvalue weighted by atomic mass is 9.99. The number of H-pyrrole nitrogens is 1. The molecule has 0 amide bonds. The van der Waals surface area contributed by atoms with Gasteiger partial charge < -0.3 is 20.1 Å². The van der Waals surface area contributed by atoms with Crippen LogP contribution in [0.1, 0.15) is 30.0 Å². The first-order valence-corrected chi connectivity index (χ1v) is 15.1. The molecule has 0 aliphatic carbocycles. The van der Waals surface area contributed by atoms with Crippen molar-refractivity contribution in [1.29, 1.82) is 0 Å². The number of likely N-dealkylation sites (N-methyl/N-ethyl adjacent to an activating group) is 1. The molecule has 1 heterocycles. The van der Waals surface area contributed by atoms with Crippen LogP contribution in [0, 0.1) is 0 Å². The summed E-state index contributed by atoms with van der Waals surface area (Å²) in [6.45, 7) is 2.72. The van der Waals surface area contributed by atoms with Crippen molar-refractivity contribution in [2.24, 2.45) is 4.99 Å². The molecule has 0 aliphatic heterocycles. The predicted molar refractivity (Wildman–Crippen MR) is 164 cm³/mol. The van der Waals surface area contributed by atoms with Crippen molar-refractivity contribution in [2.75, 3.05) is 37.2 Å². The molecule has 41 heavy (non-hydrogen) atoms. The highest BCUT2D eigenvalue weighted by molar-refractivity contribution is 7.92. The normalized spacial score (nSPS) is 12.3. The Bertz CT molecular complexity index is 1660. The quantitative estimate of drug-likeness (QED) is 0.187. The van der Waals surface area contributed by atoms with E-state index in [1.54, 1.807) is 66.7 Å². The molecule has 0 radical (unpaired) electrons. The van der Waals surface area contributed by atoms with E-state index in [1.807, 2.05) is 25.9 Å². The monoisotopic (exact) mass is 596 g/mol. The number of aromatic nitrogens is 1. The van der Waals surface area contributed by atoms with Crippen LogP contribution in [-0.4, -0.2) is 73.1 Å². The van der Waals surface area contributed by atoms with E-state index in [9.17, 15) is 18.3 Å². The number of benzene rings is 3. The number of carbonyl (C=O) groups is 1. The van der Waals surface area contributed by atoms with Gasteiger partial charge in [-0.05, 0) is 62.5 Å². The number of aliphatic carboxylic acids is 1. The number of aromatic amines is 1. The SMILES string of the molecule is CCCS(=O)(=O)N(CCN(C)C)c1ccc(N=C(c2ccc(CC(=O)O)cc2)c2c(O)[nH]c3cc(Cl)ccc23)cc1. The van der Waals surface area contributed by atoms with Gasteiger partial charge in [0.25, 0.3) is 0 Å². The smallest absolute Gasteiger partial charge is 0.307 e. The molecule has 11 heteroatoms. The first-order chi connectivity index (χ1) is 19.5. The summed E-state index contributed by atoms with van der Waals surface area (Å²) in [4.78, 5) is 20.9. The third-order valence-corrected chi connectivity index (χ3v) is 8.71. The molecule has 9 nitrogen and oxygen atoms in total. The number of anilines is 1. The summed E-state index contributed by atoms with van der Waals surface area (Å²) >= 11 is 6.17. The lowest BCUT2D eigenvalue weighted by Crippen LogP contribution is -2.38. The van der Waals surface area contributed by atoms with Crippen molar-refractivity contribution < 1.29 is 23.4 Å². The third-order valence-electron chi connectivity index (χ3n) is 6.49. The van der Waals surface area contributed by atoms with Crippen LogP contribution in [0.4, 0.5) is 11.4 Å². The summed E-state index contributed by atoms with van der Waals surface area (Å²) in [5.41, 5.74) is 3.93. The van der Waals surface area contributed by atoms with Crippen LogP contribution in [-0.2, 0) is 21.2 Å². The topological polar surface area (TPSA) is 126 Å². The van der Waals surface area contributed by atoms with Crippen LogP contribution < -0.4 is 4.31 Å². The van der Waals surface area contributed by atoms with Crippen LogP contribution in [0.5, 0.6) is 5.88 Å². The Balaban J connectivity index is 1.80. The minimum Gasteiger partial charge on any atom is -0.494 e. The van der Waals surface area contributed by atoms with E-state index in [0.717, 1.165) is 0 Å². The van der Waals surface area contributed by atoms with Crippen LogP contribution >= 0.6 is 11.6 Å². The summed E-state index contributed by atoms with van der Waals surface area (Å²) in [5.74, 6) is -0.974. The van der Waals surface area contributed by atoms with Gasteiger partial charge in [0.15, 0.2) is 5.88 Å². The summed E-state index contributed by atoms with van der Waals surface area (Å²) in [6.07, 6.45) is 0.396. The van der Waals surface area contributed by atoms with Crippen molar-refractivity contribution in [2.45, 2.75) is 19.8 Å². The Labute approximate surface area is 244 Å². The Morgan fingerprint density at radius 3 is 2.29 bits per heavy atom. The number of hydrogen-bond donors (Lipinski definition) is 3. The van der Waals surface area contributed by atoms with Crippen LogP contribution in [0.3, 0.4) is 0 Å². The molecule has 0 saturated carbocycles. The highest BCUT2D eigenvalue weighted by Crippen LogP contribution is 2.33. The Kier molecular flexibility index (Phi) is 9.37. The fourth-order valence-electron chi connectivity index (χ4n) is 4.53. The van der Waals surface area contributed by atoms with Crippen molar-refractivity contribution in [1.82, 2.24) is 9.88 Å². The average Bonchev–Trinajstić information content (AvgIpc) is 3.22. The van der Waals surface area contributed by atoms with Crippen molar-refractivity contribution in [3.63, 3.8) is 0 Å². The molecular weight excluding hydrogens is 564 g/mol. The zero-order chi connectivity index (χ0) is 29.7. The minimum absolute atomic E-state index is 0.0478. The van der Waals surface area contributed by atoms with E-state index in [0.29, 0.717) is 69.2 Å². The number of halogens is 1. The molecule has 216 valence electrons. The van der Waals surface area contributed by atoms with Gasteiger partial charge in [-0.3, -0.25) is 9.10 Å². The maximum absolute atomic E-state index is 13.0. The van der Waals surface area contributed by atoms with E-state index in [4.69, 9.17) is 21.7 Å². The van der Waals surface area contributed by atoms with Gasteiger partial charge in [-0.2, -0.15) is 0 Å². The Morgan fingerprint density at radius 1 is 1.00 bits per heavy atom. The number of carboxylic acid groups (broad SMARTS) is 1. The highest BCUT2D eigenvalue weighted by atomic mass is 35.5. The molecular formula is C30H33ClN4O5S. The summed E-state index contributed by atoms with van der Waals surface area (Å²) in [5, 5.41) is 21.3. The van der Waals surface area contributed by atoms with Gasteiger partial charge in [0.2, 0.25) is 10.0 Å². The van der Waals surface area contributed by atoms with Crippen molar-refractivity contribution in [3.05, 3.63) is 88.4 Å². The lowest BCUT2D eigenvalue weighted by Gasteiger charge is -2.26. The number of sulfonamides is 1. The predicted octanol–water partition coefficient (Wildman–Crippen LogP) is 5.43. The maximum atomic E-state index is 13.0. The van der Waals surface area contributed by atoms with E-state index in [1.165, 1.54) is 4.31 Å². The average molecular weight is 597 g/mol. The van der Waals surface area contributed by atoms with E-state index < -0.39 is 16.0 Å². The number of hydrogen-bond acceptors (Lipinski definition) is 6. The summed E-state index contributed by atoms with van der Waals surface area (Å²) in [6, 6.07) is 19.1. The van der Waals surface area contributed by atoms with Crippen LogP contribution in [0.25, 0.3) is 10.9 Å². The van der Waals surface area contributed by atoms with Gasteiger partial charge in [-0.25, -0.2) is 13.4 Å². The third kappa shape index (κ3) is 7.27. The molecule has 0 fully saturated rings. The number of rotatable bonds is 12. The molecule has 0 aliphatic rings. The number of fused-ring (bicyclic) bond motifs is 1. The highest BCUT2D eigenvalue weighted by Gasteiger charge is 2.22. The number of nitrogens with one attached hydrogen (secondary N) is 1. The molecule has 0 bridgehead atoms. The zero-order valence-electron chi connectivity index (χ0n) is 23.1.